The summed E-state index contributed by atoms with van der Waals surface area (Å²) in [6.45, 7) is 3.86. The number of hydrogen-bond acceptors (Lipinski definition) is 2. The fraction of sp³-hybridized carbons (Fsp3) is 0.417. The minimum atomic E-state index is -0.539. The molecule has 1 aromatic rings. The zero-order valence-corrected chi connectivity index (χ0v) is 11.3. The van der Waals surface area contributed by atoms with Crippen LogP contribution in [0.3, 0.4) is 0 Å². The minimum Gasteiger partial charge on any atom is -0.487 e. The first-order valence-electron chi connectivity index (χ1n) is 5.33. The van der Waals surface area contributed by atoms with Crippen LogP contribution in [0.15, 0.2) is 24.3 Å². The summed E-state index contributed by atoms with van der Waals surface area (Å²) in [6, 6.07) is 7.21. The Morgan fingerprint density at radius 3 is 2.65 bits per heavy atom. The molecule has 94 valence electrons. The highest BCUT2D eigenvalue weighted by Crippen LogP contribution is 2.23. The second-order valence-corrected chi connectivity index (χ2v) is 4.78. The lowest BCUT2D eigenvalue weighted by Gasteiger charge is -2.16. The smallest absolute Gasteiger partial charge is 0.237 e. The maximum atomic E-state index is 11.2. The fourth-order valence-corrected chi connectivity index (χ4v) is 1.44. The van der Waals surface area contributed by atoms with Crippen molar-refractivity contribution >= 4 is 29.1 Å². The molecule has 0 aliphatic carbocycles. The molecule has 0 spiro atoms. The Balaban J connectivity index is 2.43. The number of nitrogens with one attached hydrogen (secondary N) is 1. The van der Waals surface area contributed by atoms with Crippen molar-refractivity contribution in [1.82, 2.24) is 5.32 Å². The summed E-state index contributed by atoms with van der Waals surface area (Å²) in [6.07, 6.45) is -0.172. The monoisotopic (exact) mass is 275 g/mol. The number of benzene rings is 1. The molecule has 0 bridgehead atoms. The topological polar surface area (TPSA) is 38.3 Å². The molecule has 2 atom stereocenters. The number of carbonyl (C=O) groups excluding carboxylic acids is 1. The Labute approximate surface area is 111 Å². The number of halogens is 2. The van der Waals surface area contributed by atoms with Gasteiger partial charge in [-0.25, -0.2) is 0 Å². The minimum absolute atomic E-state index is 0.172. The zero-order valence-electron chi connectivity index (χ0n) is 9.74. The number of para-hydroxylation sites is 1. The first kappa shape index (κ1) is 14.1. The molecular weight excluding hydrogens is 261 g/mol. The van der Waals surface area contributed by atoms with Crippen molar-refractivity contribution in [2.24, 2.45) is 0 Å². The molecule has 1 amide bonds. The van der Waals surface area contributed by atoms with E-state index in [9.17, 15) is 4.79 Å². The molecule has 0 saturated heterocycles. The molecule has 3 nitrogen and oxygen atoms in total. The number of ether oxygens (including phenoxy) is 1. The van der Waals surface area contributed by atoms with E-state index >= 15 is 0 Å². The van der Waals surface area contributed by atoms with Gasteiger partial charge in [0, 0.05) is 0 Å². The predicted octanol–water partition coefficient (Wildman–Crippen LogP) is 2.85. The Bertz CT molecular complexity index is 383. The molecule has 0 radical (unpaired) electrons. The molecular formula is C12H15Cl2NO2. The zero-order chi connectivity index (χ0) is 12.8. The Morgan fingerprint density at radius 1 is 1.41 bits per heavy atom. The quantitative estimate of drug-likeness (QED) is 0.840. The van der Waals surface area contributed by atoms with Crippen LogP contribution in [0.2, 0.25) is 5.02 Å². The van der Waals surface area contributed by atoms with E-state index in [2.05, 4.69) is 5.32 Å². The highest BCUT2D eigenvalue weighted by Gasteiger charge is 2.11. The summed E-state index contributed by atoms with van der Waals surface area (Å²) in [7, 11) is 0. The molecule has 1 aromatic carbocycles. The molecule has 17 heavy (non-hydrogen) atoms. The van der Waals surface area contributed by atoms with E-state index in [4.69, 9.17) is 27.9 Å². The van der Waals surface area contributed by atoms with Gasteiger partial charge in [0.1, 0.15) is 17.2 Å². The Kier molecular flexibility index (Phi) is 5.59. The average Bonchev–Trinajstić information content (AvgIpc) is 2.29. The first-order chi connectivity index (χ1) is 8.00. The summed E-state index contributed by atoms with van der Waals surface area (Å²) < 4.78 is 5.59. The number of alkyl halides is 1. The lowest BCUT2D eigenvalue weighted by atomic mass is 10.3. The molecule has 1 rings (SSSR count). The van der Waals surface area contributed by atoms with E-state index < -0.39 is 5.38 Å². The summed E-state index contributed by atoms with van der Waals surface area (Å²) in [5.41, 5.74) is 0. The van der Waals surface area contributed by atoms with Crippen molar-refractivity contribution in [3.8, 4) is 5.75 Å². The number of carbonyl (C=O) groups is 1. The van der Waals surface area contributed by atoms with Crippen molar-refractivity contribution in [3.05, 3.63) is 29.3 Å². The van der Waals surface area contributed by atoms with Gasteiger partial charge in [0.25, 0.3) is 0 Å². The van der Waals surface area contributed by atoms with Gasteiger partial charge in [0.05, 0.1) is 11.6 Å². The van der Waals surface area contributed by atoms with Crippen LogP contribution in [0.5, 0.6) is 5.75 Å². The van der Waals surface area contributed by atoms with E-state index in [-0.39, 0.29) is 12.0 Å². The van der Waals surface area contributed by atoms with Crippen LogP contribution in [0, 0.1) is 0 Å². The molecule has 5 heteroatoms. The van der Waals surface area contributed by atoms with Crippen LogP contribution in [0.4, 0.5) is 0 Å². The lowest BCUT2D eigenvalue weighted by molar-refractivity contribution is -0.120. The Hall–Kier alpha value is -0.930. The molecule has 2 unspecified atom stereocenters. The van der Waals surface area contributed by atoms with Gasteiger partial charge in [0.15, 0.2) is 0 Å². The average molecular weight is 276 g/mol. The third-order valence-corrected chi connectivity index (χ3v) is 2.60. The van der Waals surface area contributed by atoms with Crippen molar-refractivity contribution < 1.29 is 9.53 Å². The first-order valence-corrected chi connectivity index (χ1v) is 6.15. The highest BCUT2D eigenvalue weighted by atomic mass is 35.5. The fourth-order valence-electron chi connectivity index (χ4n) is 1.18. The number of rotatable bonds is 5. The van der Waals surface area contributed by atoms with E-state index in [0.717, 1.165) is 0 Å². The molecule has 0 fully saturated rings. The summed E-state index contributed by atoms with van der Waals surface area (Å²) in [5.74, 6) is 0.399. The van der Waals surface area contributed by atoms with E-state index in [1.54, 1.807) is 19.1 Å². The summed E-state index contributed by atoms with van der Waals surface area (Å²) in [4.78, 5) is 11.2. The molecule has 1 N–H and O–H groups in total. The normalized spacial score (nSPS) is 13.9. The highest BCUT2D eigenvalue weighted by molar-refractivity contribution is 6.32. The van der Waals surface area contributed by atoms with Gasteiger partial charge in [-0.05, 0) is 26.0 Å². The molecule has 0 heterocycles. The molecule has 0 saturated carbocycles. The lowest BCUT2D eigenvalue weighted by Crippen LogP contribution is -2.37. The maximum Gasteiger partial charge on any atom is 0.237 e. The van der Waals surface area contributed by atoms with E-state index in [1.807, 2.05) is 19.1 Å². The van der Waals surface area contributed by atoms with E-state index in [1.165, 1.54) is 0 Å². The van der Waals surface area contributed by atoms with Crippen molar-refractivity contribution in [1.29, 1.82) is 0 Å². The molecule has 0 aromatic heterocycles. The van der Waals surface area contributed by atoms with Crippen molar-refractivity contribution in [3.63, 3.8) is 0 Å². The largest absolute Gasteiger partial charge is 0.487 e. The van der Waals surface area contributed by atoms with E-state index in [0.29, 0.717) is 17.3 Å². The second kappa shape index (κ2) is 6.72. The van der Waals surface area contributed by atoms with Gasteiger partial charge in [-0.2, -0.15) is 0 Å². The van der Waals surface area contributed by atoms with Gasteiger partial charge in [-0.3, -0.25) is 4.79 Å². The number of hydrogen-bond donors (Lipinski definition) is 1. The predicted molar refractivity (Wildman–Crippen MR) is 69.9 cm³/mol. The van der Waals surface area contributed by atoms with Crippen LogP contribution < -0.4 is 10.1 Å². The SMILES string of the molecule is CC(CNC(=O)C(C)Cl)Oc1ccccc1Cl. The van der Waals surface area contributed by atoms with Crippen LogP contribution in [0.1, 0.15) is 13.8 Å². The summed E-state index contributed by atoms with van der Waals surface area (Å²) >= 11 is 11.6. The van der Waals surface area contributed by atoms with Gasteiger partial charge in [-0.15, -0.1) is 11.6 Å². The molecule has 0 aliphatic rings. The van der Waals surface area contributed by atoms with Gasteiger partial charge >= 0.3 is 0 Å². The third-order valence-electron chi connectivity index (χ3n) is 2.09. The number of amides is 1. The van der Waals surface area contributed by atoms with Gasteiger partial charge < -0.3 is 10.1 Å². The van der Waals surface area contributed by atoms with Gasteiger partial charge in [-0.1, -0.05) is 23.7 Å². The Morgan fingerprint density at radius 2 is 2.06 bits per heavy atom. The standard InChI is InChI=1S/C12H15Cl2NO2/c1-8(7-15-12(16)9(2)13)17-11-6-4-3-5-10(11)14/h3-6,8-9H,7H2,1-2H3,(H,15,16). The molecule has 0 aliphatic heterocycles. The maximum absolute atomic E-state index is 11.2. The van der Waals surface area contributed by atoms with Crippen molar-refractivity contribution in [2.75, 3.05) is 6.54 Å². The van der Waals surface area contributed by atoms with Crippen LogP contribution in [-0.2, 0) is 4.79 Å². The van der Waals surface area contributed by atoms with Crippen LogP contribution in [0.25, 0.3) is 0 Å². The van der Waals surface area contributed by atoms with Crippen molar-refractivity contribution in [2.45, 2.75) is 25.3 Å². The van der Waals surface area contributed by atoms with Gasteiger partial charge in [0.2, 0.25) is 5.91 Å². The van der Waals surface area contributed by atoms with Crippen LogP contribution in [-0.4, -0.2) is 23.9 Å². The van der Waals surface area contributed by atoms with Crippen LogP contribution >= 0.6 is 23.2 Å². The second-order valence-electron chi connectivity index (χ2n) is 3.72. The third kappa shape index (κ3) is 4.84. The summed E-state index contributed by atoms with van der Waals surface area (Å²) in [5, 5.41) is 2.70.